The van der Waals surface area contributed by atoms with Crippen LogP contribution >= 0.6 is 15.9 Å². The zero-order valence-electron chi connectivity index (χ0n) is 15.3. The number of rotatable bonds is 3. The highest BCUT2D eigenvalue weighted by atomic mass is 79.9. The Labute approximate surface area is 174 Å². The second-order valence-corrected chi connectivity index (χ2v) is 8.30. The minimum absolute atomic E-state index is 0.173. The topological polar surface area (TPSA) is 68.9 Å². The van der Waals surface area contributed by atoms with E-state index < -0.39 is 0 Å². The standard InChI is InChI=1S/C22H15BrN6/c23-17-5-1-3-15(12-17)19-13-25-21-27-26-20(29(21)28-19)22(8-9-22)16-6-7-18-14(11-16)4-2-10-24-18/h1-7,10-13H,8-9H2. The molecule has 140 valence electrons. The smallest absolute Gasteiger partial charge is 0.256 e. The lowest BCUT2D eigenvalue weighted by Crippen LogP contribution is -2.15. The van der Waals surface area contributed by atoms with Gasteiger partial charge in [-0.2, -0.15) is 9.61 Å². The normalized spacial score (nSPS) is 15.1. The maximum atomic E-state index is 4.84. The number of benzene rings is 2. The molecule has 0 unspecified atom stereocenters. The molecule has 5 aromatic rings. The molecule has 1 aliphatic rings. The molecular formula is C22H15BrN6. The van der Waals surface area contributed by atoms with Crippen LogP contribution in [-0.4, -0.2) is 29.8 Å². The average molecular weight is 443 g/mol. The highest BCUT2D eigenvalue weighted by Gasteiger charge is 2.50. The van der Waals surface area contributed by atoms with E-state index in [9.17, 15) is 0 Å². The SMILES string of the molecule is Brc1cccc(-c2cnc3nnc(C4(c5ccc6ncccc6c5)CC4)n3n2)c1. The van der Waals surface area contributed by atoms with E-state index in [1.807, 2.05) is 36.5 Å². The summed E-state index contributed by atoms with van der Waals surface area (Å²) < 4.78 is 2.81. The van der Waals surface area contributed by atoms with Crippen LogP contribution in [0.2, 0.25) is 0 Å². The van der Waals surface area contributed by atoms with Gasteiger partial charge >= 0.3 is 0 Å². The number of aromatic nitrogens is 6. The molecule has 0 bridgehead atoms. The summed E-state index contributed by atoms with van der Waals surface area (Å²) >= 11 is 3.52. The number of fused-ring (bicyclic) bond motifs is 2. The predicted octanol–water partition coefficient (Wildman–Crippen LogP) is 4.58. The van der Waals surface area contributed by atoms with E-state index in [0.29, 0.717) is 5.78 Å². The maximum absolute atomic E-state index is 4.84. The molecule has 29 heavy (non-hydrogen) atoms. The van der Waals surface area contributed by atoms with E-state index in [0.717, 1.165) is 45.3 Å². The Morgan fingerprint density at radius 2 is 1.86 bits per heavy atom. The Balaban J connectivity index is 1.50. The molecule has 6 rings (SSSR count). The second kappa shape index (κ2) is 6.15. The number of halogens is 1. The van der Waals surface area contributed by atoms with Gasteiger partial charge in [-0.05, 0) is 48.7 Å². The zero-order chi connectivity index (χ0) is 19.4. The summed E-state index contributed by atoms with van der Waals surface area (Å²) in [4.78, 5) is 8.92. The summed E-state index contributed by atoms with van der Waals surface area (Å²) in [6.45, 7) is 0. The van der Waals surface area contributed by atoms with Crippen LogP contribution in [0, 0.1) is 0 Å². The summed E-state index contributed by atoms with van der Waals surface area (Å²) in [6, 6.07) is 18.5. The van der Waals surface area contributed by atoms with Gasteiger partial charge in [0, 0.05) is 21.6 Å². The van der Waals surface area contributed by atoms with Gasteiger partial charge in [0.25, 0.3) is 5.78 Å². The first-order chi connectivity index (χ1) is 14.2. The molecule has 0 spiro atoms. The molecule has 0 N–H and O–H groups in total. The Bertz CT molecular complexity index is 1390. The maximum Gasteiger partial charge on any atom is 0.271 e. The molecule has 2 aromatic carbocycles. The molecular weight excluding hydrogens is 428 g/mol. The summed E-state index contributed by atoms with van der Waals surface area (Å²) in [7, 11) is 0. The third kappa shape index (κ3) is 2.65. The zero-order valence-corrected chi connectivity index (χ0v) is 16.9. The van der Waals surface area contributed by atoms with Crippen molar-refractivity contribution in [1.82, 2.24) is 29.8 Å². The largest absolute Gasteiger partial charge is 0.271 e. The average Bonchev–Trinajstić information content (AvgIpc) is 3.45. The van der Waals surface area contributed by atoms with Crippen LogP contribution in [0.3, 0.4) is 0 Å². The molecule has 1 fully saturated rings. The van der Waals surface area contributed by atoms with Crippen molar-refractivity contribution in [2.45, 2.75) is 18.3 Å². The minimum Gasteiger partial charge on any atom is -0.256 e. The fourth-order valence-electron chi connectivity index (χ4n) is 3.91. The molecule has 1 saturated carbocycles. The number of nitrogens with zero attached hydrogens (tertiary/aromatic N) is 6. The van der Waals surface area contributed by atoms with E-state index in [2.05, 4.69) is 60.4 Å². The van der Waals surface area contributed by atoms with Gasteiger partial charge in [-0.1, -0.05) is 40.2 Å². The van der Waals surface area contributed by atoms with Crippen molar-refractivity contribution in [2.75, 3.05) is 0 Å². The lowest BCUT2D eigenvalue weighted by molar-refractivity contribution is 0.703. The minimum atomic E-state index is -0.173. The Kier molecular flexibility index (Phi) is 3.55. The summed E-state index contributed by atoms with van der Waals surface area (Å²) in [5.41, 5.74) is 3.83. The van der Waals surface area contributed by atoms with Gasteiger partial charge in [-0.3, -0.25) is 4.98 Å². The summed E-state index contributed by atoms with van der Waals surface area (Å²) in [6.07, 6.45) is 5.60. The molecule has 6 nitrogen and oxygen atoms in total. The molecule has 0 atom stereocenters. The van der Waals surface area contributed by atoms with Gasteiger partial charge in [0.2, 0.25) is 0 Å². The van der Waals surface area contributed by atoms with Crippen LogP contribution in [0.5, 0.6) is 0 Å². The quantitative estimate of drug-likeness (QED) is 0.409. The van der Waals surface area contributed by atoms with Crippen molar-refractivity contribution >= 4 is 32.6 Å². The van der Waals surface area contributed by atoms with Gasteiger partial charge in [0.1, 0.15) is 5.69 Å². The molecule has 0 aliphatic heterocycles. The summed E-state index contributed by atoms with van der Waals surface area (Å²) in [5.74, 6) is 1.37. The van der Waals surface area contributed by atoms with Crippen LogP contribution in [0.25, 0.3) is 27.9 Å². The Morgan fingerprint density at radius 1 is 0.931 bits per heavy atom. The molecule has 0 amide bonds. The number of hydrogen-bond donors (Lipinski definition) is 0. The van der Waals surface area contributed by atoms with E-state index >= 15 is 0 Å². The van der Waals surface area contributed by atoms with Gasteiger partial charge in [-0.15, -0.1) is 10.2 Å². The second-order valence-electron chi connectivity index (χ2n) is 7.38. The highest BCUT2D eigenvalue weighted by Crippen LogP contribution is 2.53. The van der Waals surface area contributed by atoms with Crippen LogP contribution in [0.1, 0.15) is 24.2 Å². The van der Waals surface area contributed by atoms with Gasteiger partial charge in [0.15, 0.2) is 5.82 Å². The van der Waals surface area contributed by atoms with Gasteiger partial charge in [-0.25, -0.2) is 4.98 Å². The van der Waals surface area contributed by atoms with Crippen LogP contribution in [0.4, 0.5) is 0 Å². The van der Waals surface area contributed by atoms with Crippen molar-refractivity contribution in [3.8, 4) is 11.3 Å². The molecule has 7 heteroatoms. The number of pyridine rings is 1. The third-order valence-electron chi connectivity index (χ3n) is 5.59. The Morgan fingerprint density at radius 3 is 2.72 bits per heavy atom. The first-order valence-electron chi connectivity index (χ1n) is 9.43. The van der Waals surface area contributed by atoms with Gasteiger partial charge < -0.3 is 0 Å². The van der Waals surface area contributed by atoms with E-state index in [-0.39, 0.29) is 5.41 Å². The molecule has 0 radical (unpaired) electrons. The van der Waals surface area contributed by atoms with E-state index in [1.54, 1.807) is 10.7 Å². The first kappa shape index (κ1) is 16.7. The third-order valence-corrected chi connectivity index (χ3v) is 6.08. The molecule has 1 aliphatic carbocycles. The highest BCUT2D eigenvalue weighted by molar-refractivity contribution is 9.10. The first-order valence-corrected chi connectivity index (χ1v) is 10.2. The van der Waals surface area contributed by atoms with Crippen molar-refractivity contribution in [3.63, 3.8) is 0 Å². The van der Waals surface area contributed by atoms with Crippen molar-refractivity contribution < 1.29 is 0 Å². The Hall–Kier alpha value is -3.19. The van der Waals surface area contributed by atoms with Crippen LogP contribution in [-0.2, 0) is 5.41 Å². The fourth-order valence-corrected chi connectivity index (χ4v) is 4.31. The summed E-state index contributed by atoms with van der Waals surface area (Å²) in [5, 5.41) is 14.8. The van der Waals surface area contributed by atoms with E-state index in [1.165, 1.54) is 5.56 Å². The molecule has 3 aromatic heterocycles. The van der Waals surface area contributed by atoms with Crippen LogP contribution in [0.15, 0.2) is 71.5 Å². The van der Waals surface area contributed by atoms with Crippen molar-refractivity contribution in [1.29, 1.82) is 0 Å². The van der Waals surface area contributed by atoms with Crippen molar-refractivity contribution in [3.05, 3.63) is 82.9 Å². The van der Waals surface area contributed by atoms with E-state index in [4.69, 9.17) is 5.10 Å². The van der Waals surface area contributed by atoms with Gasteiger partial charge in [0.05, 0.1) is 17.1 Å². The molecule has 0 saturated heterocycles. The number of hydrogen-bond acceptors (Lipinski definition) is 5. The predicted molar refractivity (Wildman–Crippen MR) is 113 cm³/mol. The fraction of sp³-hybridized carbons (Fsp3) is 0.136. The monoisotopic (exact) mass is 442 g/mol. The van der Waals surface area contributed by atoms with Crippen molar-refractivity contribution in [2.24, 2.45) is 0 Å². The van der Waals surface area contributed by atoms with Crippen LogP contribution < -0.4 is 0 Å². The molecule has 3 heterocycles. The lowest BCUT2D eigenvalue weighted by Gasteiger charge is -2.14. The lowest BCUT2D eigenvalue weighted by atomic mass is 9.94.